The molecule has 0 aliphatic carbocycles. The van der Waals surface area contributed by atoms with Gasteiger partial charge in [0.2, 0.25) is 5.52 Å². The molecule has 9 heteroatoms. The molecular weight excluding hydrogens is 340 g/mol. The first kappa shape index (κ1) is 17.9. The summed E-state index contributed by atoms with van der Waals surface area (Å²) >= 11 is 0. The predicted molar refractivity (Wildman–Crippen MR) is 87.2 cm³/mol. The maximum atomic E-state index is 11.3. The number of hydrogen-bond acceptors (Lipinski definition) is 3. The van der Waals surface area contributed by atoms with Crippen molar-refractivity contribution in [1.82, 2.24) is 0 Å². The van der Waals surface area contributed by atoms with E-state index in [1.807, 2.05) is 36.4 Å². The van der Waals surface area contributed by atoms with Crippen LogP contribution >= 0.6 is 15.2 Å². The third-order valence-corrected chi connectivity index (χ3v) is 6.45. The smallest absolute Gasteiger partial charge is 0.360 e. The Balaban J connectivity index is 2.22. The molecule has 2 rings (SSSR count). The highest BCUT2D eigenvalue weighted by atomic mass is 31.2. The molecule has 5 N–H and O–H groups in total. The van der Waals surface area contributed by atoms with Crippen molar-refractivity contribution in [3.05, 3.63) is 65.7 Å². The van der Waals surface area contributed by atoms with E-state index in [1.165, 1.54) is 6.07 Å². The molecule has 0 aromatic heterocycles. The van der Waals surface area contributed by atoms with Crippen molar-refractivity contribution in [3.63, 3.8) is 0 Å². The van der Waals surface area contributed by atoms with E-state index in [-0.39, 0.29) is 5.69 Å². The van der Waals surface area contributed by atoms with Crippen molar-refractivity contribution in [2.75, 3.05) is 5.32 Å². The lowest BCUT2D eigenvalue weighted by Gasteiger charge is -2.22. The van der Waals surface area contributed by atoms with Gasteiger partial charge in [0.05, 0.1) is 0 Å². The standard InChI is InChI=1S/C14H17NO6P2/c16-22(17,18)14(23(19,20)21)15-13-8-4-7-12(10-13)9-11-5-2-1-3-6-11/h1-8,10,14-15H,9H2,(H2,16,17,18)(H2,19,20,21). The molecule has 7 nitrogen and oxygen atoms in total. The molecule has 0 saturated heterocycles. The first-order valence-corrected chi connectivity index (χ1v) is 10.0. The van der Waals surface area contributed by atoms with Gasteiger partial charge in [-0.15, -0.1) is 0 Å². The zero-order valence-corrected chi connectivity index (χ0v) is 13.8. The van der Waals surface area contributed by atoms with Gasteiger partial charge in [-0.3, -0.25) is 9.13 Å². The van der Waals surface area contributed by atoms with Crippen LogP contribution in [0.2, 0.25) is 0 Å². The average Bonchev–Trinajstić information content (AvgIpc) is 2.44. The Morgan fingerprint density at radius 3 is 1.96 bits per heavy atom. The van der Waals surface area contributed by atoms with Crippen LogP contribution in [0.25, 0.3) is 0 Å². The van der Waals surface area contributed by atoms with E-state index >= 15 is 0 Å². The van der Waals surface area contributed by atoms with Gasteiger partial charge in [0.25, 0.3) is 0 Å². The SMILES string of the molecule is O=P(O)(O)C(Nc1cccc(Cc2ccccc2)c1)P(=O)(O)O. The van der Waals surface area contributed by atoms with E-state index in [0.717, 1.165) is 11.1 Å². The maximum Gasteiger partial charge on any atom is 0.360 e. The van der Waals surface area contributed by atoms with Crippen LogP contribution in [0.15, 0.2) is 54.6 Å². The minimum absolute atomic E-state index is 0.232. The van der Waals surface area contributed by atoms with Gasteiger partial charge in [0.1, 0.15) is 0 Å². The lowest BCUT2D eigenvalue weighted by atomic mass is 10.0. The van der Waals surface area contributed by atoms with Crippen LogP contribution in [-0.2, 0) is 15.6 Å². The molecule has 2 aromatic rings. The summed E-state index contributed by atoms with van der Waals surface area (Å²) in [6.07, 6.45) is 0.590. The van der Waals surface area contributed by atoms with Gasteiger partial charge in [-0.25, -0.2) is 0 Å². The van der Waals surface area contributed by atoms with Crippen molar-refractivity contribution in [2.24, 2.45) is 0 Å². The highest BCUT2D eigenvalue weighted by Crippen LogP contribution is 2.59. The van der Waals surface area contributed by atoms with E-state index in [1.54, 1.807) is 12.1 Å². The minimum Gasteiger partial charge on any atom is -0.362 e. The van der Waals surface area contributed by atoms with Crippen LogP contribution in [0.4, 0.5) is 5.69 Å². The molecular formula is C14H17NO6P2. The van der Waals surface area contributed by atoms with Crippen LogP contribution in [0, 0.1) is 0 Å². The van der Waals surface area contributed by atoms with Crippen LogP contribution in [0.5, 0.6) is 0 Å². The molecule has 0 spiro atoms. The molecule has 23 heavy (non-hydrogen) atoms. The summed E-state index contributed by atoms with van der Waals surface area (Å²) in [6, 6.07) is 16.1. The number of nitrogens with one attached hydrogen (secondary N) is 1. The summed E-state index contributed by atoms with van der Waals surface area (Å²) in [5, 5.41) is 2.26. The molecule has 0 saturated carbocycles. The van der Waals surface area contributed by atoms with Crippen LogP contribution in [-0.4, -0.2) is 25.1 Å². The molecule has 0 radical (unpaired) electrons. The second-order valence-electron chi connectivity index (χ2n) is 5.06. The summed E-state index contributed by atoms with van der Waals surface area (Å²) in [5.41, 5.74) is -0.139. The summed E-state index contributed by atoms with van der Waals surface area (Å²) in [6.45, 7) is 0. The molecule has 124 valence electrons. The van der Waals surface area contributed by atoms with Crippen molar-refractivity contribution in [2.45, 2.75) is 11.9 Å². The van der Waals surface area contributed by atoms with Crippen molar-refractivity contribution >= 4 is 20.9 Å². The first-order valence-electron chi connectivity index (χ1n) is 6.66. The quantitative estimate of drug-likeness (QED) is 0.502. The van der Waals surface area contributed by atoms with E-state index < -0.39 is 20.7 Å². The molecule has 0 aliphatic heterocycles. The van der Waals surface area contributed by atoms with Gasteiger partial charge in [0, 0.05) is 5.69 Å². The van der Waals surface area contributed by atoms with E-state index in [9.17, 15) is 9.13 Å². The number of hydrogen-bond donors (Lipinski definition) is 5. The fourth-order valence-electron chi connectivity index (χ4n) is 2.12. The van der Waals surface area contributed by atoms with Crippen molar-refractivity contribution < 1.29 is 28.7 Å². The molecule has 2 aromatic carbocycles. The summed E-state index contributed by atoms with van der Waals surface area (Å²) in [7, 11) is -10.0. The zero-order valence-electron chi connectivity index (χ0n) is 12.0. The van der Waals surface area contributed by atoms with Crippen LogP contribution in [0.1, 0.15) is 11.1 Å². The van der Waals surface area contributed by atoms with Gasteiger partial charge in [0.15, 0.2) is 0 Å². The summed E-state index contributed by atoms with van der Waals surface area (Å²) < 4.78 is 22.6. The topological polar surface area (TPSA) is 127 Å². The molecule has 0 unspecified atom stereocenters. The Kier molecular flexibility index (Phi) is 5.42. The lowest BCUT2D eigenvalue weighted by molar-refractivity contribution is 0.343. The molecule has 0 bridgehead atoms. The Bertz CT molecular complexity index is 733. The highest BCUT2D eigenvalue weighted by molar-refractivity contribution is 7.71. The van der Waals surface area contributed by atoms with E-state index in [2.05, 4.69) is 5.32 Å². The second-order valence-corrected chi connectivity index (χ2v) is 8.86. The molecule has 0 fully saturated rings. The van der Waals surface area contributed by atoms with E-state index in [0.29, 0.717) is 6.42 Å². The zero-order chi connectivity index (χ0) is 17.1. The Morgan fingerprint density at radius 2 is 1.39 bits per heavy atom. The molecule has 0 heterocycles. The third kappa shape index (κ3) is 5.29. The normalized spacial score (nSPS) is 12.4. The lowest BCUT2D eigenvalue weighted by Crippen LogP contribution is -2.19. The van der Waals surface area contributed by atoms with Gasteiger partial charge in [-0.2, -0.15) is 0 Å². The molecule has 0 atom stereocenters. The van der Waals surface area contributed by atoms with Gasteiger partial charge < -0.3 is 24.9 Å². The van der Waals surface area contributed by atoms with Crippen LogP contribution in [0.3, 0.4) is 0 Å². The highest BCUT2D eigenvalue weighted by Gasteiger charge is 2.43. The number of benzene rings is 2. The number of rotatable bonds is 6. The second kappa shape index (κ2) is 6.97. The Morgan fingerprint density at radius 1 is 0.826 bits per heavy atom. The van der Waals surface area contributed by atoms with Gasteiger partial charge >= 0.3 is 15.2 Å². The van der Waals surface area contributed by atoms with Crippen molar-refractivity contribution in [3.8, 4) is 0 Å². The Hall–Kier alpha value is -1.46. The summed E-state index contributed by atoms with van der Waals surface area (Å²) in [4.78, 5) is 36.5. The minimum atomic E-state index is -5.02. The summed E-state index contributed by atoms with van der Waals surface area (Å²) in [5.74, 6) is 0. The monoisotopic (exact) mass is 357 g/mol. The maximum absolute atomic E-state index is 11.3. The van der Waals surface area contributed by atoms with Gasteiger partial charge in [-0.1, -0.05) is 42.5 Å². The third-order valence-electron chi connectivity index (χ3n) is 3.11. The largest absolute Gasteiger partial charge is 0.362 e. The fourth-order valence-corrected chi connectivity index (χ4v) is 4.32. The fraction of sp³-hybridized carbons (Fsp3) is 0.143. The van der Waals surface area contributed by atoms with Crippen LogP contribution < -0.4 is 5.32 Å². The number of anilines is 1. The average molecular weight is 357 g/mol. The van der Waals surface area contributed by atoms with E-state index in [4.69, 9.17) is 19.6 Å². The Labute approximate surface area is 133 Å². The van der Waals surface area contributed by atoms with Gasteiger partial charge in [-0.05, 0) is 29.7 Å². The first-order chi connectivity index (χ1) is 10.7. The van der Waals surface area contributed by atoms with Crippen molar-refractivity contribution in [1.29, 1.82) is 0 Å². The molecule has 0 amide bonds. The predicted octanol–water partition coefficient (Wildman–Crippen LogP) is 2.33. The molecule has 0 aliphatic rings.